The lowest BCUT2D eigenvalue weighted by Crippen LogP contribution is -2.26. The summed E-state index contributed by atoms with van der Waals surface area (Å²) in [4.78, 5) is 37.4. The van der Waals surface area contributed by atoms with Gasteiger partial charge in [-0.2, -0.15) is 0 Å². The van der Waals surface area contributed by atoms with Crippen molar-refractivity contribution in [1.29, 1.82) is 0 Å². The molecule has 36 heavy (non-hydrogen) atoms. The van der Waals surface area contributed by atoms with E-state index in [1.54, 1.807) is 36.4 Å². The molecule has 0 saturated carbocycles. The monoisotopic (exact) mass is 505 g/mol. The summed E-state index contributed by atoms with van der Waals surface area (Å²) in [6.07, 6.45) is 1.45. The Morgan fingerprint density at radius 2 is 1.47 bits per heavy atom. The molecule has 3 aromatic rings. The molecule has 3 rings (SSSR count). The number of hydrogen-bond donors (Lipinski definition) is 2. The predicted molar refractivity (Wildman–Crippen MR) is 144 cm³/mol. The number of aryl methyl sites for hydroxylation is 1. The van der Waals surface area contributed by atoms with E-state index in [1.807, 2.05) is 36.4 Å². The van der Waals surface area contributed by atoms with Crippen LogP contribution < -0.4 is 5.32 Å². The molecule has 0 heterocycles. The minimum Gasteiger partial charge on any atom is -0.481 e. The van der Waals surface area contributed by atoms with E-state index in [2.05, 4.69) is 19.2 Å². The van der Waals surface area contributed by atoms with E-state index in [0.29, 0.717) is 35.0 Å². The maximum Gasteiger partial charge on any atom is 0.306 e. The SMILES string of the molecule is CC(C)CCNC(=O)c1ccccc1CCC(CC(=O)c1ccc(-c2ccc(Cl)cc2)cc1)C(=O)O. The smallest absolute Gasteiger partial charge is 0.306 e. The van der Waals surface area contributed by atoms with Gasteiger partial charge in [0.25, 0.3) is 5.91 Å². The highest BCUT2D eigenvalue weighted by Crippen LogP contribution is 2.24. The fourth-order valence-electron chi connectivity index (χ4n) is 4.00. The standard InChI is InChI=1S/C30H32ClNO4/c1-20(2)17-18-32-29(34)27-6-4-3-5-23(27)9-12-25(30(35)36)19-28(33)24-10-7-21(8-11-24)22-13-15-26(31)16-14-22/h3-8,10-11,13-16,20,25H,9,12,17-19H2,1-2H3,(H,32,34)(H,35,36). The third-order valence-corrected chi connectivity index (χ3v) is 6.45. The van der Waals surface area contributed by atoms with Crippen molar-refractivity contribution in [2.75, 3.05) is 6.54 Å². The van der Waals surface area contributed by atoms with Crippen LogP contribution in [0.15, 0.2) is 72.8 Å². The molecular weight excluding hydrogens is 474 g/mol. The van der Waals surface area contributed by atoms with E-state index < -0.39 is 11.9 Å². The number of carbonyl (C=O) groups excluding carboxylic acids is 2. The Bertz CT molecular complexity index is 1190. The lowest BCUT2D eigenvalue weighted by molar-refractivity contribution is -0.141. The minimum absolute atomic E-state index is 0.0988. The Labute approximate surface area is 217 Å². The molecule has 3 aromatic carbocycles. The summed E-state index contributed by atoms with van der Waals surface area (Å²) in [6, 6.07) is 21.8. The third kappa shape index (κ3) is 7.79. The van der Waals surface area contributed by atoms with Gasteiger partial charge in [0, 0.05) is 29.1 Å². The second-order valence-corrected chi connectivity index (χ2v) is 9.82. The van der Waals surface area contributed by atoms with Crippen molar-refractivity contribution in [2.24, 2.45) is 11.8 Å². The normalized spacial score (nSPS) is 11.8. The van der Waals surface area contributed by atoms with Crippen molar-refractivity contribution in [1.82, 2.24) is 5.32 Å². The molecule has 0 radical (unpaired) electrons. The van der Waals surface area contributed by atoms with Crippen LogP contribution in [0.5, 0.6) is 0 Å². The van der Waals surface area contributed by atoms with Crippen molar-refractivity contribution in [3.8, 4) is 11.1 Å². The van der Waals surface area contributed by atoms with Crippen LogP contribution in [0.3, 0.4) is 0 Å². The first-order valence-corrected chi connectivity index (χ1v) is 12.6. The number of benzene rings is 3. The summed E-state index contributed by atoms with van der Waals surface area (Å²) in [7, 11) is 0. The van der Waals surface area contributed by atoms with E-state index in [-0.39, 0.29) is 24.5 Å². The topological polar surface area (TPSA) is 83.5 Å². The molecule has 0 fully saturated rings. The zero-order chi connectivity index (χ0) is 26.1. The van der Waals surface area contributed by atoms with Gasteiger partial charge in [0.1, 0.15) is 0 Å². The van der Waals surface area contributed by atoms with Crippen molar-refractivity contribution < 1.29 is 19.5 Å². The first kappa shape index (κ1) is 27.2. The number of Topliss-reactive ketones (excluding diaryl/α,β-unsaturated/α-hetero) is 1. The molecular formula is C30H32ClNO4. The Morgan fingerprint density at radius 1 is 0.861 bits per heavy atom. The minimum atomic E-state index is -1.01. The number of amides is 1. The average molecular weight is 506 g/mol. The van der Waals surface area contributed by atoms with E-state index in [9.17, 15) is 19.5 Å². The molecule has 0 aliphatic heterocycles. The van der Waals surface area contributed by atoms with Gasteiger partial charge >= 0.3 is 5.97 Å². The van der Waals surface area contributed by atoms with E-state index >= 15 is 0 Å². The van der Waals surface area contributed by atoms with Crippen LogP contribution in [0.25, 0.3) is 11.1 Å². The first-order chi connectivity index (χ1) is 17.2. The molecule has 5 nitrogen and oxygen atoms in total. The van der Waals surface area contributed by atoms with Crippen LogP contribution in [-0.4, -0.2) is 29.3 Å². The van der Waals surface area contributed by atoms with Crippen molar-refractivity contribution in [2.45, 2.75) is 39.5 Å². The van der Waals surface area contributed by atoms with Gasteiger partial charge in [-0.1, -0.05) is 80.0 Å². The number of carboxylic acids is 1. The summed E-state index contributed by atoms with van der Waals surface area (Å²) in [5.74, 6) is -1.74. The van der Waals surface area contributed by atoms with Gasteiger partial charge in [0.05, 0.1) is 5.92 Å². The lowest BCUT2D eigenvalue weighted by atomic mass is 9.90. The Balaban J connectivity index is 1.63. The Kier molecular flexibility index (Phi) is 9.83. The average Bonchev–Trinajstić information content (AvgIpc) is 2.86. The number of carbonyl (C=O) groups is 3. The molecule has 0 spiro atoms. The van der Waals surface area contributed by atoms with Crippen LogP contribution >= 0.6 is 11.6 Å². The molecule has 1 unspecified atom stereocenters. The van der Waals surface area contributed by atoms with Gasteiger partial charge in [-0.25, -0.2) is 0 Å². The lowest BCUT2D eigenvalue weighted by Gasteiger charge is -2.14. The number of hydrogen-bond acceptors (Lipinski definition) is 3. The first-order valence-electron chi connectivity index (χ1n) is 12.2. The summed E-state index contributed by atoms with van der Waals surface area (Å²) in [5, 5.41) is 13.4. The Hall–Kier alpha value is -3.44. The van der Waals surface area contributed by atoms with Gasteiger partial charge < -0.3 is 10.4 Å². The molecule has 0 saturated heterocycles. The third-order valence-electron chi connectivity index (χ3n) is 6.20. The van der Waals surface area contributed by atoms with Gasteiger partial charge in [-0.05, 0) is 60.1 Å². The number of nitrogens with one attached hydrogen (secondary N) is 1. The second-order valence-electron chi connectivity index (χ2n) is 9.38. The van der Waals surface area contributed by atoms with E-state index in [4.69, 9.17) is 11.6 Å². The molecule has 6 heteroatoms. The quantitative estimate of drug-likeness (QED) is 0.268. The summed E-state index contributed by atoms with van der Waals surface area (Å²) in [5.41, 5.74) is 3.74. The molecule has 0 aliphatic carbocycles. The van der Waals surface area contributed by atoms with Gasteiger partial charge in [0.2, 0.25) is 0 Å². The highest BCUT2D eigenvalue weighted by atomic mass is 35.5. The second kappa shape index (κ2) is 13.0. The molecule has 1 atom stereocenters. The van der Waals surface area contributed by atoms with Crippen LogP contribution in [-0.2, 0) is 11.2 Å². The van der Waals surface area contributed by atoms with Crippen LogP contribution in [0.4, 0.5) is 0 Å². The zero-order valence-electron chi connectivity index (χ0n) is 20.7. The highest BCUT2D eigenvalue weighted by Gasteiger charge is 2.23. The molecule has 0 aromatic heterocycles. The number of halogens is 1. The molecule has 188 valence electrons. The van der Waals surface area contributed by atoms with E-state index in [0.717, 1.165) is 23.1 Å². The highest BCUT2D eigenvalue weighted by molar-refractivity contribution is 6.30. The zero-order valence-corrected chi connectivity index (χ0v) is 21.4. The Morgan fingerprint density at radius 3 is 2.08 bits per heavy atom. The summed E-state index contributed by atoms with van der Waals surface area (Å²) in [6.45, 7) is 4.79. The number of carboxylic acid groups (broad SMARTS) is 1. The van der Waals surface area contributed by atoms with Gasteiger partial charge in [-0.3, -0.25) is 14.4 Å². The summed E-state index contributed by atoms with van der Waals surface area (Å²) < 4.78 is 0. The maximum absolute atomic E-state index is 12.9. The largest absolute Gasteiger partial charge is 0.481 e. The number of ketones is 1. The number of aliphatic carboxylic acids is 1. The van der Waals surface area contributed by atoms with Crippen molar-refractivity contribution in [3.05, 3.63) is 94.5 Å². The molecule has 0 bridgehead atoms. The fourth-order valence-corrected chi connectivity index (χ4v) is 4.13. The van der Waals surface area contributed by atoms with Gasteiger partial charge in [0.15, 0.2) is 5.78 Å². The molecule has 0 aliphatic rings. The van der Waals surface area contributed by atoms with Crippen LogP contribution in [0, 0.1) is 11.8 Å². The van der Waals surface area contributed by atoms with Crippen molar-refractivity contribution >= 4 is 29.3 Å². The summed E-state index contributed by atoms with van der Waals surface area (Å²) >= 11 is 5.95. The number of rotatable bonds is 12. The fraction of sp³-hybridized carbons (Fsp3) is 0.300. The van der Waals surface area contributed by atoms with E-state index in [1.165, 1.54) is 0 Å². The maximum atomic E-state index is 12.9. The predicted octanol–water partition coefficient (Wildman–Crippen LogP) is 6.69. The van der Waals surface area contributed by atoms with Gasteiger partial charge in [-0.15, -0.1) is 0 Å². The molecule has 1 amide bonds. The van der Waals surface area contributed by atoms with Crippen LogP contribution in [0.1, 0.15) is 59.4 Å². The molecule has 2 N–H and O–H groups in total. The van der Waals surface area contributed by atoms with Crippen molar-refractivity contribution in [3.63, 3.8) is 0 Å². The van der Waals surface area contributed by atoms with Crippen LogP contribution in [0.2, 0.25) is 5.02 Å².